The number of methoxy groups -OCH3 is 1. The van der Waals surface area contributed by atoms with E-state index in [4.69, 9.17) is 14.6 Å². The molecule has 0 saturated carbocycles. The van der Waals surface area contributed by atoms with Gasteiger partial charge in [0, 0.05) is 0 Å². The van der Waals surface area contributed by atoms with Gasteiger partial charge in [0.05, 0.1) is 18.4 Å². The van der Waals surface area contributed by atoms with Crippen molar-refractivity contribution in [3.8, 4) is 5.75 Å². The first-order valence-corrected chi connectivity index (χ1v) is 6.09. The number of rotatable bonds is 4. The van der Waals surface area contributed by atoms with E-state index in [1.165, 1.54) is 25.3 Å². The lowest BCUT2D eigenvalue weighted by molar-refractivity contribution is -0.131. The quantitative estimate of drug-likeness (QED) is 0.652. The van der Waals surface area contributed by atoms with Crippen LogP contribution in [0.25, 0.3) is 0 Å². The van der Waals surface area contributed by atoms with E-state index in [2.05, 4.69) is 5.32 Å². The molecule has 1 aromatic rings. The van der Waals surface area contributed by atoms with E-state index in [1.54, 1.807) is 20.8 Å². The second kappa shape index (κ2) is 6.25. The Labute approximate surface area is 121 Å². The van der Waals surface area contributed by atoms with Crippen LogP contribution in [0.3, 0.4) is 0 Å². The summed E-state index contributed by atoms with van der Waals surface area (Å²) < 4.78 is 9.99. The lowest BCUT2D eigenvalue weighted by atomic mass is 10.1. The van der Waals surface area contributed by atoms with Gasteiger partial charge in [-0.25, -0.2) is 9.59 Å². The molecule has 0 aliphatic rings. The Kier molecular flexibility index (Phi) is 4.91. The summed E-state index contributed by atoms with van der Waals surface area (Å²) in [6.45, 7) is 5.05. The summed E-state index contributed by atoms with van der Waals surface area (Å²) in [5.74, 6) is -2.48. The van der Waals surface area contributed by atoms with Crippen molar-refractivity contribution in [1.29, 1.82) is 0 Å². The average Bonchev–Trinajstić information content (AvgIpc) is 2.35. The maximum Gasteiger partial charge on any atom is 0.412 e. The minimum absolute atomic E-state index is 0.0393. The number of ether oxygens (including phenoxy) is 2. The maximum atomic E-state index is 11.7. The Bertz CT molecular complexity index is 573. The first-order chi connectivity index (χ1) is 9.64. The van der Waals surface area contributed by atoms with Crippen LogP contribution in [0.4, 0.5) is 10.5 Å². The number of anilines is 1. The molecule has 0 aromatic heterocycles. The number of aliphatic carboxylic acids is 1. The Balaban J connectivity index is 3.09. The smallest absolute Gasteiger partial charge is 0.412 e. The molecule has 7 heteroatoms. The van der Waals surface area contributed by atoms with Gasteiger partial charge in [-0.15, -0.1) is 0 Å². The molecule has 0 radical (unpaired) electrons. The first-order valence-electron chi connectivity index (χ1n) is 6.09. The third-order valence-electron chi connectivity index (χ3n) is 2.30. The molecular weight excluding hydrogens is 278 g/mol. The van der Waals surface area contributed by atoms with Gasteiger partial charge in [-0.2, -0.15) is 0 Å². The molecule has 7 nitrogen and oxygen atoms in total. The van der Waals surface area contributed by atoms with Crippen LogP contribution in [-0.4, -0.2) is 35.7 Å². The second-order valence-electron chi connectivity index (χ2n) is 5.17. The summed E-state index contributed by atoms with van der Waals surface area (Å²) in [6.07, 6.45) is -0.785. The van der Waals surface area contributed by atoms with Crippen molar-refractivity contribution in [1.82, 2.24) is 0 Å². The van der Waals surface area contributed by atoms with Gasteiger partial charge in [-0.1, -0.05) is 0 Å². The van der Waals surface area contributed by atoms with Crippen LogP contribution >= 0.6 is 0 Å². The van der Waals surface area contributed by atoms with Gasteiger partial charge >= 0.3 is 12.1 Å². The van der Waals surface area contributed by atoms with Crippen molar-refractivity contribution >= 4 is 23.5 Å². The Morgan fingerprint density at radius 2 is 1.81 bits per heavy atom. The maximum absolute atomic E-state index is 11.7. The van der Waals surface area contributed by atoms with E-state index < -0.39 is 23.4 Å². The highest BCUT2D eigenvalue weighted by Crippen LogP contribution is 2.23. The number of carboxylic acid groups (broad SMARTS) is 1. The molecule has 1 amide bonds. The number of ketones is 1. The third-order valence-corrected chi connectivity index (χ3v) is 2.30. The number of hydrogen-bond donors (Lipinski definition) is 2. The summed E-state index contributed by atoms with van der Waals surface area (Å²) >= 11 is 0. The van der Waals surface area contributed by atoms with Crippen LogP contribution in [0, 0.1) is 0 Å². The molecular formula is C14H17NO6. The highest BCUT2D eigenvalue weighted by atomic mass is 16.6. The lowest BCUT2D eigenvalue weighted by Gasteiger charge is -2.20. The molecule has 0 fully saturated rings. The number of carbonyl (C=O) groups is 3. The highest BCUT2D eigenvalue weighted by molar-refractivity contribution is 6.41. The minimum atomic E-state index is -1.63. The van der Waals surface area contributed by atoms with Crippen molar-refractivity contribution in [3.63, 3.8) is 0 Å². The molecule has 0 bridgehead atoms. The van der Waals surface area contributed by atoms with Gasteiger partial charge < -0.3 is 14.6 Å². The van der Waals surface area contributed by atoms with Gasteiger partial charge in [-0.05, 0) is 39.0 Å². The van der Waals surface area contributed by atoms with Gasteiger partial charge in [0.2, 0.25) is 0 Å². The summed E-state index contributed by atoms with van der Waals surface area (Å²) in [5, 5.41) is 11.2. The van der Waals surface area contributed by atoms with Crippen LogP contribution in [0.5, 0.6) is 5.75 Å². The molecule has 0 saturated heterocycles. The fourth-order valence-corrected chi connectivity index (χ4v) is 1.48. The minimum Gasteiger partial charge on any atom is -0.497 e. The lowest BCUT2D eigenvalue weighted by Crippen LogP contribution is -2.28. The number of hydrogen-bond acceptors (Lipinski definition) is 5. The summed E-state index contributed by atoms with van der Waals surface area (Å²) in [4.78, 5) is 34.2. The summed E-state index contributed by atoms with van der Waals surface area (Å²) in [7, 11) is 1.38. The fraction of sp³-hybridized carbons (Fsp3) is 0.357. The Hall–Kier alpha value is -2.57. The molecule has 114 valence electrons. The topological polar surface area (TPSA) is 102 Å². The van der Waals surface area contributed by atoms with E-state index in [0.717, 1.165) is 0 Å². The molecule has 0 atom stereocenters. The highest BCUT2D eigenvalue weighted by Gasteiger charge is 2.22. The van der Waals surface area contributed by atoms with Crippen molar-refractivity contribution in [3.05, 3.63) is 23.8 Å². The van der Waals surface area contributed by atoms with E-state index in [0.29, 0.717) is 5.75 Å². The third kappa shape index (κ3) is 4.79. The molecule has 0 unspecified atom stereocenters. The number of benzene rings is 1. The molecule has 1 rings (SSSR count). The van der Waals surface area contributed by atoms with E-state index in [1.807, 2.05) is 0 Å². The number of carbonyl (C=O) groups excluding carboxylic acids is 2. The van der Waals surface area contributed by atoms with Gasteiger partial charge in [-0.3, -0.25) is 10.1 Å². The predicted molar refractivity (Wildman–Crippen MR) is 74.8 cm³/mol. The van der Waals surface area contributed by atoms with E-state index in [-0.39, 0.29) is 11.3 Å². The van der Waals surface area contributed by atoms with E-state index >= 15 is 0 Å². The molecule has 1 aromatic carbocycles. The molecule has 0 spiro atoms. The summed E-state index contributed by atoms with van der Waals surface area (Å²) in [5.41, 5.74) is -0.863. The number of nitrogens with one attached hydrogen (secondary N) is 1. The normalized spacial score (nSPS) is 10.7. The largest absolute Gasteiger partial charge is 0.497 e. The molecule has 0 aliphatic carbocycles. The zero-order valence-electron chi connectivity index (χ0n) is 12.2. The number of Topliss-reactive ketones (excluding diaryl/α,β-unsaturated/α-hetero) is 1. The van der Waals surface area contributed by atoms with Gasteiger partial charge in [0.1, 0.15) is 11.4 Å². The molecule has 0 aliphatic heterocycles. The second-order valence-corrected chi connectivity index (χ2v) is 5.17. The molecule has 21 heavy (non-hydrogen) atoms. The van der Waals surface area contributed by atoms with E-state index in [9.17, 15) is 14.4 Å². The van der Waals surface area contributed by atoms with Gasteiger partial charge in [0.25, 0.3) is 5.78 Å². The summed E-state index contributed by atoms with van der Waals surface area (Å²) in [6, 6.07) is 4.10. The zero-order chi connectivity index (χ0) is 16.2. The standard InChI is InChI=1S/C14H17NO6/c1-14(2,3)21-13(19)15-10-6-5-8(20-4)7-9(10)11(16)12(17)18/h5-7H,1-4H3,(H,15,19)(H,17,18). The zero-order valence-corrected chi connectivity index (χ0v) is 12.2. The first kappa shape index (κ1) is 16.5. The monoisotopic (exact) mass is 295 g/mol. The van der Waals surface area contributed by atoms with Crippen LogP contribution < -0.4 is 10.1 Å². The van der Waals surface area contributed by atoms with Crippen LogP contribution in [-0.2, 0) is 9.53 Å². The van der Waals surface area contributed by atoms with Crippen LogP contribution in [0.1, 0.15) is 31.1 Å². The van der Waals surface area contributed by atoms with Crippen molar-refractivity contribution in [2.45, 2.75) is 26.4 Å². The van der Waals surface area contributed by atoms with Crippen LogP contribution in [0.2, 0.25) is 0 Å². The van der Waals surface area contributed by atoms with Gasteiger partial charge in [0.15, 0.2) is 0 Å². The Morgan fingerprint density at radius 1 is 1.19 bits per heavy atom. The molecule has 2 N–H and O–H groups in total. The Morgan fingerprint density at radius 3 is 2.29 bits per heavy atom. The van der Waals surface area contributed by atoms with Crippen molar-refractivity contribution < 1.29 is 29.0 Å². The average molecular weight is 295 g/mol. The van der Waals surface area contributed by atoms with Crippen molar-refractivity contribution in [2.75, 3.05) is 12.4 Å². The molecule has 0 heterocycles. The fourth-order valence-electron chi connectivity index (χ4n) is 1.48. The SMILES string of the molecule is COc1ccc(NC(=O)OC(C)(C)C)c(C(=O)C(=O)O)c1. The predicted octanol–water partition coefficient (Wildman–Crippen LogP) is 2.31. The number of amides is 1. The van der Waals surface area contributed by atoms with Crippen molar-refractivity contribution in [2.24, 2.45) is 0 Å². The number of carboxylic acids is 1. The van der Waals surface area contributed by atoms with Crippen LogP contribution in [0.15, 0.2) is 18.2 Å².